The minimum atomic E-state index is -1.44. The van der Waals surface area contributed by atoms with Gasteiger partial charge in [-0.25, -0.2) is 0 Å². The molecule has 0 unspecified atom stereocenters. The van der Waals surface area contributed by atoms with Gasteiger partial charge in [0.15, 0.2) is 0 Å². The molecule has 2 rings (SSSR count). The van der Waals surface area contributed by atoms with Crippen LogP contribution >= 0.6 is 0 Å². The van der Waals surface area contributed by atoms with Crippen molar-refractivity contribution >= 4 is 24.5 Å². The Labute approximate surface area is 118 Å². The molecule has 0 aromatic heterocycles. The Kier molecular flexibility index (Phi) is 4.93. The number of nitrogens with one attached hydrogen (secondary N) is 1. The second-order valence-corrected chi connectivity index (χ2v) is 4.42. The van der Waals surface area contributed by atoms with Gasteiger partial charge in [0.05, 0.1) is 11.9 Å². The van der Waals surface area contributed by atoms with E-state index in [2.05, 4.69) is 10.5 Å². The normalized spacial score (nSPS) is 10.8. The van der Waals surface area contributed by atoms with Gasteiger partial charge < -0.3 is 10.0 Å². The van der Waals surface area contributed by atoms with Gasteiger partial charge in [-0.3, -0.25) is 5.43 Å². The van der Waals surface area contributed by atoms with Gasteiger partial charge in [-0.2, -0.15) is 5.10 Å². The van der Waals surface area contributed by atoms with Crippen molar-refractivity contribution in [2.45, 2.75) is 13.3 Å². The predicted molar refractivity (Wildman–Crippen MR) is 83.3 cm³/mol. The Hall–Kier alpha value is -2.11. The molecule has 0 aliphatic rings. The number of rotatable bonds is 5. The zero-order valence-electron chi connectivity index (χ0n) is 11.3. The Balaban J connectivity index is 2.12. The van der Waals surface area contributed by atoms with Crippen LogP contribution in [-0.4, -0.2) is 23.4 Å². The number of para-hydroxylation sites is 1. The number of hydrogen-bond donors (Lipinski definition) is 3. The van der Waals surface area contributed by atoms with Gasteiger partial charge in [-0.05, 0) is 35.1 Å². The van der Waals surface area contributed by atoms with Crippen molar-refractivity contribution in [1.82, 2.24) is 0 Å². The third-order valence-electron chi connectivity index (χ3n) is 3.02. The first-order chi connectivity index (χ1) is 9.70. The first kappa shape index (κ1) is 14.3. The molecule has 0 atom stereocenters. The fourth-order valence-corrected chi connectivity index (χ4v) is 1.91. The minimum absolute atomic E-state index is 0.495. The average Bonchev–Trinajstić information content (AvgIpc) is 2.48. The van der Waals surface area contributed by atoms with Crippen molar-refractivity contribution in [3.8, 4) is 0 Å². The van der Waals surface area contributed by atoms with Crippen molar-refractivity contribution in [1.29, 1.82) is 0 Å². The Morgan fingerprint density at radius 1 is 1.15 bits per heavy atom. The maximum Gasteiger partial charge on any atom is 0.488 e. The lowest BCUT2D eigenvalue weighted by Gasteiger charge is -2.06. The molecule has 0 heterocycles. The molecule has 5 heteroatoms. The Bertz CT molecular complexity index is 586. The molecule has 4 nitrogen and oxygen atoms in total. The van der Waals surface area contributed by atoms with E-state index < -0.39 is 7.12 Å². The largest absolute Gasteiger partial charge is 0.488 e. The van der Waals surface area contributed by atoms with Crippen molar-refractivity contribution in [3.63, 3.8) is 0 Å². The van der Waals surface area contributed by atoms with Crippen molar-refractivity contribution < 1.29 is 10.0 Å². The first-order valence-electron chi connectivity index (χ1n) is 6.53. The molecule has 0 amide bonds. The summed E-state index contributed by atoms with van der Waals surface area (Å²) in [7, 11) is -1.44. The molecular weight excluding hydrogens is 251 g/mol. The summed E-state index contributed by atoms with van der Waals surface area (Å²) in [5, 5.41) is 22.5. The maximum atomic E-state index is 9.17. The van der Waals surface area contributed by atoms with E-state index in [1.54, 1.807) is 18.3 Å². The summed E-state index contributed by atoms with van der Waals surface area (Å²) in [6, 6.07) is 15.0. The van der Waals surface area contributed by atoms with E-state index in [0.29, 0.717) is 5.46 Å². The van der Waals surface area contributed by atoms with Crippen molar-refractivity contribution in [2.24, 2.45) is 5.10 Å². The van der Waals surface area contributed by atoms with Gasteiger partial charge in [0.2, 0.25) is 0 Å². The lowest BCUT2D eigenvalue weighted by Crippen LogP contribution is -2.30. The molecule has 0 fully saturated rings. The summed E-state index contributed by atoms with van der Waals surface area (Å²) < 4.78 is 0. The molecule has 0 aliphatic carbocycles. The van der Waals surface area contributed by atoms with Crippen LogP contribution in [0, 0.1) is 0 Å². The predicted octanol–water partition coefficient (Wildman–Crippen LogP) is 1.37. The topological polar surface area (TPSA) is 64.8 Å². The highest BCUT2D eigenvalue weighted by Crippen LogP contribution is 2.08. The number of nitrogens with zero attached hydrogens (tertiary/aromatic N) is 1. The summed E-state index contributed by atoms with van der Waals surface area (Å²) in [6.07, 6.45) is 2.53. The van der Waals surface area contributed by atoms with Crippen LogP contribution in [-0.2, 0) is 6.42 Å². The van der Waals surface area contributed by atoms with E-state index >= 15 is 0 Å². The lowest BCUT2D eigenvalue weighted by molar-refractivity contribution is 0.425. The van der Waals surface area contributed by atoms with Gasteiger partial charge in [0.25, 0.3) is 0 Å². The van der Waals surface area contributed by atoms with E-state index in [4.69, 9.17) is 10.0 Å². The van der Waals surface area contributed by atoms with E-state index in [1.807, 2.05) is 43.3 Å². The number of aryl methyl sites for hydroxylation is 1. The van der Waals surface area contributed by atoms with E-state index in [0.717, 1.165) is 23.2 Å². The molecule has 2 aromatic carbocycles. The van der Waals surface area contributed by atoms with Crippen LogP contribution < -0.4 is 10.9 Å². The summed E-state index contributed by atoms with van der Waals surface area (Å²) >= 11 is 0. The van der Waals surface area contributed by atoms with Gasteiger partial charge >= 0.3 is 7.12 Å². The SMILES string of the molecule is CCc1cc(B(O)O)ccc1C=NNc1ccccc1. The molecule has 0 saturated carbocycles. The average molecular weight is 268 g/mol. The molecule has 3 N–H and O–H groups in total. The highest BCUT2D eigenvalue weighted by Gasteiger charge is 2.12. The van der Waals surface area contributed by atoms with Gasteiger partial charge in [0, 0.05) is 0 Å². The molecular formula is C15H17BN2O2. The zero-order valence-corrected chi connectivity index (χ0v) is 11.3. The molecule has 0 saturated heterocycles. The third-order valence-corrected chi connectivity index (χ3v) is 3.02. The first-order valence-corrected chi connectivity index (χ1v) is 6.53. The van der Waals surface area contributed by atoms with Gasteiger partial charge in [0.1, 0.15) is 0 Å². The van der Waals surface area contributed by atoms with Crippen LogP contribution in [0.4, 0.5) is 5.69 Å². The van der Waals surface area contributed by atoms with Crippen LogP contribution in [0.1, 0.15) is 18.1 Å². The highest BCUT2D eigenvalue weighted by atomic mass is 16.4. The van der Waals surface area contributed by atoms with Crippen molar-refractivity contribution in [3.05, 3.63) is 59.7 Å². The van der Waals surface area contributed by atoms with Gasteiger partial charge in [-0.1, -0.05) is 43.3 Å². The second-order valence-electron chi connectivity index (χ2n) is 4.42. The highest BCUT2D eigenvalue weighted by molar-refractivity contribution is 6.58. The monoisotopic (exact) mass is 268 g/mol. The Morgan fingerprint density at radius 3 is 2.55 bits per heavy atom. The van der Waals surface area contributed by atoms with Crippen LogP contribution in [0.3, 0.4) is 0 Å². The summed E-state index contributed by atoms with van der Waals surface area (Å²) in [4.78, 5) is 0. The summed E-state index contributed by atoms with van der Waals surface area (Å²) in [5.41, 5.74) is 6.35. The Morgan fingerprint density at radius 2 is 1.90 bits per heavy atom. The molecule has 0 aliphatic heterocycles. The molecule has 2 aromatic rings. The van der Waals surface area contributed by atoms with Crippen LogP contribution in [0.25, 0.3) is 0 Å². The quantitative estimate of drug-likeness (QED) is 0.436. The smallest absolute Gasteiger partial charge is 0.423 e. The molecule has 0 bridgehead atoms. The maximum absolute atomic E-state index is 9.17. The second kappa shape index (κ2) is 6.89. The van der Waals surface area contributed by atoms with Gasteiger partial charge in [-0.15, -0.1) is 0 Å². The summed E-state index contributed by atoms with van der Waals surface area (Å²) in [5.74, 6) is 0. The number of hydrogen-bond acceptors (Lipinski definition) is 4. The van der Waals surface area contributed by atoms with Crippen LogP contribution in [0.2, 0.25) is 0 Å². The third kappa shape index (κ3) is 3.69. The summed E-state index contributed by atoms with van der Waals surface area (Å²) in [6.45, 7) is 2.02. The lowest BCUT2D eigenvalue weighted by atomic mass is 9.78. The fraction of sp³-hybridized carbons (Fsp3) is 0.133. The van der Waals surface area contributed by atoms with E-state index in [-0.39, 0.29) is 0 Å². The number of hydrazone groups is 1. The fourth-order valence-electron chi connectivity index (χ4n) is 1.91. The number of benzene rings is 2. The minimum Gasteiger partial charge on any atom is -0.423 e. The van der Waals surface area contributed by atoms with Crippen LogP contribution in [0.5, 0.6) is 0 Å². The molecule has 0 radical (unpaired) electrons. The molecule has 102 valence electrons. The zero-order chi connectivity index (χ0) is 14.4. The van der Waals surface area contributed by atoms with Crippen LogP contribution in [0.15, 0.2) is 53.6 Å². The van der Waals surface area contributed by atoms with E-state index in [1.165, 1.54) is 0 Å². The standard InChI is InChI=1S/C15H17BN2O2/c1-2-12-10-14(16(19)20)9-8-13(12)11-17-18-15-6-4-3-5-7-15/h3-11,18-20H,2H2,1H3. The number of anilines is 1. The van der Waals surface area contributed by atoms with Crippen molar-refractivity contribution in [2.75, 3.05) is 5.43 Å². The molecule has 0 spiro atoms. The van der Waals surface area contributed by atoms with E-state index in [9.17, 15) is 0 Å². The molecule has 20 heavy (non-hydrogen) atoms.